The topological polar surface area (TPSA) is 128 Å². The van der Waals surface area contributed by atoms with Crippen LogP contribution in [0.15, 0.2) is 65.6 Å². The summed E-state index contributed by atoms with van der Waals surface area (Å²) < 4.78 is 33.0. The van der Waals surface area contributed by atoms with Crippen molar-refractivity contribution in [2.45, 2.75) is 25.2 Å². The number of aryl methyl sites for hydroxylation is 2. The van der Waals surface area contributed by atoms with E-state index in [1.165, 1.54) is 43.3 Å². The summed E-state index contributed by atoms with van der Waals surface area (Å²) in [5.41, 5.74) is 2.76. The first-order valence-electron chi connectivity index (χ1n) is 10.4. The second-order valence-corrected chi connectivity index (χ2v) is 9.39. The van der Waals surface area contributed by atoms with E-state index in [4.69, 9.17) is 4.74 Å². The van der Waals surface area contributed by atoms with Gasteiger partial charge in [-0.3, -0.25) is 19.6 Å². The SMILES string of the molecule is COc1ccc(C)cc1CCNC(=O)c1ccc(NS(=O)(=O)c2ccc(C)c([N+](=O)[O-])c2)cc1. The van der Waals surface area contributed by atoms with Crippen LogP contribution in [0, 0.1) is 24.0 Å². The number of nitro groups is 1. The maximum absolute atomic E-state index is 12.6. The van der Waals surface area contributed by atoms with Crippen LogP contribution in [0.5, 0.6) is 5.75 Å². The molecule has 0 aromatic heterocycles. The Kier molecular flexibility index (Phi) is 7.52. The monoisotopic (exact) mass is 483 g/mol. The highest BCUT2D eigenvalue weighted by atomic mass is 32.2. The summed E-state index contributed by atoms with van der Waals surface area (Å²) in [5.74, 6) is 0.464. The second kappa shape index (κ2) is 10.3. The van der Waals surface area contributed by atoms with Crippen molar-refractivity contribution in [3.8, 4) is 5.75 Å². The number of hydrogen-bond donors (Lipinski definition) is 2. The molecule has 178 valence electrons. The van der Waals surface area contributed by atoms with Gasteiger partial charge in [0.25, 0.3) is 21.6 Å². The number of sulfonamides is 1. The summed E-state index contributed by atoms with van der Waals surface area (Å²) in [6.07, 6.45) is 0.594. The number of methoxy groups -OCH3 is 1. The Morgan fingerprint density at radius 1 is 1.03 bits per heavy atom. The summed E-state index contributed by atoms with van der Waals surface area (Å²) in [6.45, 7) is 3.92. The van der Waals surface area contributed by atoms with Gasteiger partial charge in [-0.2, -0.15) is 0 Å². The van der Waals surface area contributed by atoms with Crippen molar-refractivity contribution in [1.29, 1.82) is 0 Å². The molecule has 0 saturated heterocycles. The third-order valence-corrected chi connectivity index (χ3v) is 6.58. The zero-order valence-corrected chi connectivity index (χ0v) is 19.8. The molecule has 0 bridgehead atoms. The third kappa shape index (κ3) is 5.90. The number of nitrogens with zero attached hydrogens (tertiary/aromatic N) is 1. The molecule has 9 nitrogen and oxygen atoms in total. The highest BCUT2D eigenvalue weighted by Gasteiger charge is 2.20. The van der Waals surface area contributed by atoms with Crippen molar-refractivity contribution in [3.05, 3.63) is 93.0 Å². The van der Waals surface area contributed by atoms with Crippen molar-refractivity contribution in [1.82, 2.24) is 5.32 Å². The predicted octanol–water partition coefficient (Wildman–Crippen LogP) is 3.99. The molecule has 0 radical (unpaired) electrons. The van der Waals surface area contributed by atoms with Gasteiger partial charge in [0.05, 0.1) is 16.9 Å². The smallest absolute Gasteiger partial charge is 0.273 e. The number of hydrogen-bond acceptors (Lipinski definition) is 6. The van der Waals surface area contributed by atoms with E-state index >= 15 is 0 Å². The molecule has 0 fully saturated rings. The molecule has 0 aliphatic carbocycles. The Hall–Kier alpha value is -3.92. The molecule has 3 aromatic rings. The number of anilines is 1. The first kappa shape index (κ1) is 24.7. The molecule has 10 heteroatoms. The third-order valence-electron chi connectivity index (χ3n) is 5.20. The zero-order chi connectivity index (χ0) is 24.9. The number of carbonyl (C=O) groups is 1. The minimum atomic E-state index is -4.04. The van der Waals surface area contributed by atoms with E-state index in [0.29, 0.717) is 24.1 Å². The average Bonchev–Trinajstić information content (AvgIpc) is 2.79. The van der Waals surface area contributed by atoms with E-state index in [-0.39, 0.29) is 22.2 Å². The van der Waals surface area contributed by atoms with E-state index in [0.717, 1.165) is 22.9 Å². The van der Waals surface area contributed by atoms with Crippen molar-refractivity contribution in [3.63, 3.8) is 0 Å². The lowest BCUT2D eigenvalue weighted by Crippen LogP contribution is -2.25. The van der Waals surface area contributed by atoms with E-state index in [9.17, 15) is 23.3 Å². The van der Waals surface area contributed by atoms with Gasteiger partial charge in [0.1, 0.15) is 5.75 Å². The lowest BCUT2D eigenvalue weighted by molar-refractivity contribution is -0.385. The molecule has 2 N–H and O–H groups in total. The molecular formula is C24H25N3O6S. The lowest BCUT2D eigenvalue weighted by Gasteiger charge is -2.11. The van der Waals surface area contributed by atoms with Crippen molar-refractivity contribution < 1.29 is 22.9 Å². The quantitative estimate of drug-likeness (QED) is 0.350. The average molecular weight is 484 g/mol. The van der Waals surface area contributed by atoms with Gasteiger partial charge >= 0.3 is 0 Å². The van der Waals surface area contributed by atoms with E-state index in [2.05, 4.69) is 10.0 Å². The van der Waals surface area contributed by atoms with E-state index < -0.39 is 14.9 Å². The molecule has 3 rings (SSSR count). The van der Waals surface area contributed by atoms with E-state index in [1.807, 2.05) is 25.1 Å². The van der Waals surface area contributed by atoms with Crippen molar-refractivity contribution >= 4 is 27.3 Å². The number of rotatable bonds is 9. The molecule has 1 amide bonds. The minimum Gasteiger partial charge on any atom is -0.496 e. The fraction of sp³-hybridized carbons (Fsp3) is 0.208. The van der Waals surface area contributed by atoms with Crippen molar-refractivity contribution in [2.75, 3.05) is 18.4 Å². The molecular weight excluding hydrogens is 458 g/mol. The first-order valence-corrected chi connectivity index (χ1v) is 11.9. The maximum atomic E-state index is 12.6. The lowest BCUT2D eigenvalue weighted by atomic mass is 10.1. The molecule has 0 saturated carbocycles. The number of amides is 1. The Morgan fingerprint density at radius 3 is 2.38 bits per heavy atom. The summed E-state index contributed by atoms with van der Waals surface area (Å²) >= 11 is 0. The molecule has 34 heavy (non-hydrogen) atoms. The number of nitrogens with one attached hydrogen (secondary N) is 2. The highest BCUT2D eigenvalue weighted by Crippen LogP contribution is 2.24. The van der Waals surface area contributed by atoms with Crippen molar-refractivity contribution in [2.24, 2.45) is 0 Å². The van der Waals surface area contributed by atoms with Crippen LogP contribution >= 0.6 is 0 Å². The maximum Gasteiger partial charge on any atom is 0.273 e. The first-order chi connectivity index (χ1) is 16.1. The summed E-state index contributed by atoms with van der Waals surface area (Å²) in [6, 6.07) is 15.5. The molecule has 3 aromatic carbocycles. The highest BCUT2D eigenvalue weighted by molar-refractivity contribution is 7.92. The molecule has 0 unspecified atom stereocenters. The van der Waals surface area contributed by atoms with Crippen LogP contribution < -0.4 is 14.8 Å². The molecule has 0 heterocycles. The normalized spacial score (nSPS) is 11.0. The van der Waals surface area contributed by atoms with E-state index in [1.54, 1.807) is 7.11 Å². The summed E-state index contributed by atoms with van der Waals surface area (Å²) in [5, 5.41) is 13.9. The second-order valence-electron chi connectivity index (χ2n) is 7.71. The van der Waals surface area contributed by atoms with Gasteiger partial charge < -0.3 is 10.1 Å². The van der Waals surface area contributed by atoms with Crippen LogP contribution in [-0.4, -0.2) is 32.9 Å². The number of carbonyl (C=O) groups excluding carboxylic acids is 1. The van der Waals surface area contributed by atoms with Gasteiger partial charge in [-0.25, -0.2) is 8.42 Å². The Bertz CT molecular complexity index is 1320. The predicted molar refractivity (Wildman–Crippen MR) is 129 cm³/mol. The van der Waals surface area contributed by atoms with Crippen LogP contribution in [-0.2, 0) is 16.4 Å². The Balaban J connectivity index is 1.63. The fourth-order valence-electron chi connectivity index (χ4n) is 3.37. The largest absolute Gasteiger partial charge is 0.496 e. The zero-order valence-electron chi connectivity index (χ0n) is 19.0. The van der Waals surface area contributed by atoms with Gasteiger partial charge in [0.2, 0.25) is 0 Å². The van der Waals surface area contributed by atoms with Gasteiger partial charge in [-0.05, 0) is 62.2 Å². The number of ether oxygens (including phenoxy) is 1. The minimum absolute atomic E-state index is 0.224. The van der Waals surface area contributed by atoms with Crippen LogP contribution in [0.3, 0.4) is 0 Å². The van der Waals surface area contributed by atoms with Crippen LogP contribution in [0.1, 0.15) is 27.0 Å². The number of benzene rings is 3. The van der Waals surface area contributed by atoms with Gasteiger partial charge in [0.15, 0.2) is 0 Å². The molecule has 0 aliphatic heterocycles. The van der Waals surface area contributed by atoms with Gasteiger partial charge in [-0.1, -0.05) is 23.8 Å². The standard InChI is InChI=1S/C24H25N3O6S/c1-16-4-11-23(33-3)19(14-16)12-13-25-24(28)18-6-8-20(9-7-18)26-34(31,32)21-10-5-17(2)22(15-21)27(29)30/h4-11,14-15,26H,12-13H2,1-3H3,(H,25,28). The van der Waals surface area contributed by atoms with Gasteiger partial charge in [0, 0.05) is 29.4 Å². The summed E-state index contributed by atoms with van der Waals surface area (Å²) in [7, 11) is -2.44. The van der Waals surface area contributed by atoms with Crippen LogP contribution in [0.25, 0.3) is 0 Å². The van der Waals surface area contributed by atoms with Crippen LogP contribution in [0.4, 0.5) is 11.4 Å². The van der Waals surface area contributed by atoms with Gasteiger partial charge in [-0.15, -0.1) is 0 Å². The Morgan fingerprint density at radius 2 is 1.74 bits per heavy atom. The Labute approximate surface area is 198 Å². The number of nitro benzene ring substituents is 1. The summed E-state index contributed by atoms with van der Waals surface area (Å²) in [4.78, 5) is 22.7. The van der Waals surface area contributed by atoms with Crippen LogP contribution in [0.2, 0.25) is 0 Å². The fourth-order valence-corrected chi connectivity index (χ4v) is 4.45. The molecule has 0 spiro atoms. The molecule has 0 atom stereocenters. The molecule has 0 aliphatic rings.